The Labute approximate surface area is 150 Å². The van der Waals surface area contributed by atoms with Gasteiger partial charge in [0, 0.05) is 32.2 Å². The van der Waals surface area contributed by atoms with Crippen LogP contribution in [0.15, 0.2) is 24.3 Å². The summed E-state index contributed by atoms with van der Waals surface area (Å²) in [5, 5.41) is 0. The Hall–Kier alpha value is -1.80. The van der Waals surface area contributed by atoms with Gasteiger partial charge in [-0.05, 0) is 25.6 Å². The van der Waals surface area contributed by atoms with Crippen LogP contribution in [0.2, 0.25) is 0 Å². The number of hydrogen-bond acceptors (Lipinski definition) is 5. The predicted molar refractivity (Wildman–Crippen MR) is 98.5 cm³/mol. The molecule has 1 aromatic carbocycles. The second kappa shape index (κ2) is 8.05. The third-order valence-corrected chi connectivity index (χ3v) is 5.75. The topological polar surface area (TPSA) is 70.2 Å². The molecule has 0 unspecified atom stereocenters. The maximum absolute atomic E-state index is 12.9. The standard InChI is InChI=1S/C17H27N3O4S/c1-5-18-9-11-19(12-10-18)17(21)14(2)20(25(4,22)23)15-7-6-8-16(13-15)24-3/h6-8,13-14H,5,9-12H2,1-4H3/t14-/m0/s1. The summed E-state index contributed by atoms with van der Waals surface area (Å²) in [6.07, 6.45) is 1.12. The van der Waals surface area contributed by atoms with Crippen LogP contribution in [0.25, 0.3) is 0 Å². The molecule has 2 rings (SSSR count). The van der Waals surface area contributed by atoms with Crippen LogP contribution in [-0.4, -0.2) is 76.3 Å². The van der Waals surface area contributed by atoms with Crippen LogP contribution in [-0.2, 0) is 14.8 Å². The van der Waals surface area contributed by atoms with Crippen LogP contribution in [0.1, 0.15) is 13.8 Å². The van der Waals surface area contributed by atoms with Crippen LogP contribution in [0.5, 0.6) is 5.75 Å². The van der Waals surface area contributed by atoms with Crippen molar-refractivity contribution in [1.82, 2.24) is 9.80 Å². The van der Waals surface area contributed by atoms with Gasteiger partial charge in [0.15, 0.2) is 0 Å². The number of carbonyl (C=O) groups excluding carboxylic acids is 1. The van der Waals surface area contributed by atoms with Gasteiger partial charge in [-0.3, -0.25) is 9.10 Å². The summed E-state index contributed by atoms with van der Waals surface area (Å²) in [5.74, 6) is 0.367. The third kappa shape index (κ3) is 4.64. The normalized spacial score (nSPS) is 17.2. The van der Waals surface area contributed by atoms with E-state index in [1.54, 1.807) is 36.1 Å². The molecule has 140 valence electrons. The van der Waals surface area contributed by atoms with Crippen molar-refractivity contribution in [2.45, 2.75) is 19.9 Å². The highest BCUT2D eigenvalue weighted by Gasteiger charge is 2.33. The fourth-order valence-corrected chi connectivity index (χ4v) is 4.26. The van der Waals surface area contributed by atoms with Gasteiger partial charge in [-0.25, -0.2) is 8.42 Å². The maximum atomic E-state index is 12.9. The zero-order valence-corrected chi connectivity index (χ0v) is 16.1. The molecule has 1 fully saturated rings. The lowest BCUT2D eigenvalue weighted by atomic mass is 10.2. The van der Waals surface area contributed by atoms with E-state index >= 15 is 0 Å². The molecule has 1 amide bonds. The summed E-state index contributed by atoms with van der Waals surface area (Å²) in [4.78, 5) is 16.9. The summed E-state index contributed by atoms with van der Waals surface area (Å²) in [6, 6.07) is 5.93. The molecule has 1 heterocycles. The van der Waals surface area contributed by atoms with E-state index in [-0.39, 0.29) is 5.91 Å². The van der Waals surface area contributed by atoms with E-state index < -0.39 is 16.1 Å². The number of anilines is 1. The Kier molecular flexibility index (Phi) is 6.29. The third-order valence-electron chi connectivity index (χ3n) is 4.51. The molecule has 1 atom stereocenters. The molecule has 8 heteroatoms. The van der Waals surface area contributed by atoms with Crippen molar-refractivity contribution in [3.8, 4) is 5.75 Å². The summed E-state index contributed by atoms with van der Waals surface area (Å²) in [6.45, 7) is 7.54. The Morgan fingerprint density at radius 3 is 2.44 bits per heavy atom. The molecule has 0 radical (unpaired) electrons. The Balaban J connectivity index is 2.24. The molecule has 1 aromatic rings. The first-order valence-corrected chi connectivity index (χ1v) is 10.3. The Morgan fingerprint density at radius 1 is 1.28 bits per heavy atom. The number of piperazine rings is 1. The monoisotopic (exact) mass is 369 g/mol. The minimum Gasteiger partial charge on any atom is -0.497 e. The van der Waals surface area contributed by atoms with Crippen molar-refractivity contribution >= 4 is 21.6 Å². The first kappa shape index (κ1) is 19.5. The average Bonchev–Trinajstić information content (AvgIpc) is 2.60. The fourth-order valence-electron chi connectivity index (χ4n) is 3.10. The number of benzene rings is 1. The van der Waals surface area contributed by atoms with Crippen molar-refractivity contribution in [2.24, 2.45) is 0 Å². The molecule has 0 aliphatic carbocycles. The lowest BCUT2D eigenvalue weighted by Crippen LogP contribution is -2.55. The van der Waals surface area contributed by atoms with Gasteiger partial charge in [0.05, 0.1) is 19.1 Å². The first-order valence-electron chi connectivity index (χ1n) is 8.42. The largest absolute Gasteiger partial charge is 0.497 e. The summed E-state index contributed by atoms with van der Waals surface area (Å²) in [7, 11) is -2.10. The number of carbonyl (C=O) groups is 1. The molecule has 1 aliphatic rings. The van der Waals surface area contributed by atoms with Crippen LogP contribution in [0.4, 0.5) is 5.69 Å². The lowest BCUT2D eigenvalue weighted by Gasteiger charge is -2.37. The summed E-state index contributed by atoms with van der Waals surface area (Å²) >= 11 is 0. The SMILES string of the molecule is CCN1CCN(C(=O)[C@H](C)N(c2cccc(OC)c2)S(C)(=O)=O)CC1. The number of hydrogen-bond donors (Lipinski definition) is 0. The molecule has 7 nitrogen and oxygen atoms in total. The minimum absolute atomic E-state index is 0.177. The summed E-state index contributed by atoms with van der Waals surface area (Å²) < 4.78 is 31.1. The number of likely N-dealkylation sites (N-methyl/N-ethyl adjacent to an activating group) is 1. The highest BCUT2D eigenvalue weighted by Crippen LogP contribution is 2.26. The molecule has 0 aromatic heterocycles. The van der Waals surface area contributed by atoms with E-state index in [2.05, 4.69) is 11.8 Å². The van der Waals surface area contributed by atoms with Gasteiger partial charge in [-0.1, -0.05) is 13.0 Å². The van der Waals surface area contributed by atoms with Crippen molar-refractivity contribution in [3.63, 3.8) is 0 Å². The number of ether oxygens (including phenoxy) is 1. The average molecular weight is 369 g/mol. The Morgan fingerprint density at radius 2 is 1.92 bits per heavy atom. The summed E-state index contributed by atoms with van der Waals surface area (Å²) in [5.41, 5.74) is 0.426. The van der Waals surface area contributed by atoms with Crippen molar-refractivity contribution < 1.29 is 17.9 Å². The van der Waals surface area contributed by atoms with Crippen LogP contribution >= 0.6 is 0 Å². The van der Waals surface area contributed by atoms with Crippen LogP contribution < -0.4 is 9.04 Å². The van der Waals surface area contributed by atoms with E-state index in [1.165, 1.54) is 11.4 Å². The van der Waals surface area contributed by atoms with Crippen molar-refractivity contribution in [3.05, 3.63) is 24.3 Å². The minimum atomic E-state index is -3.62. The van der Waals surface area contributed by atoms with Gasteiger partial charge in [-0.15, -0.1) is 0 Å². The zero-order valence-electron chi connectivity index (χ0n) is 15.3. The second-order valence-corrected chi connectivity index (χ2v) is 8.06. The number of amides is 1. The van der Waals surface area contributed by atoms with Gasteiger partial charge in [0.25, 0.3) is 0 Å². The van der Waals surface area contributed by atoms with Gasteiger partial charge < -0.3 is 14.5 Å². The number of sulfonamides is 1. The highest BCUT2D eigenvalue weighted by molar-refractivity contribution is 7.92. The quantitative estimate of drug-likeness (QED) is 0.749. The van der Waals surface area contributed by atoms with E-state index in [9.17, 15) is 13.2 Å². The molecular weight excluding hydrogens is 342 g/mol. The van der Waals surface area contributed by atoms with E-state index in [1.807, 2.05) is 0 Å². The number of methoxy groups -OCH3 is 1. The molecule has 0 N–H and O–H groups in total. The number of nitrogens with zero attached hydrogens (tertiary/aromatic N) is 3. The van der Waals surface area contributed by atoms with E-state index in [0.29, 0.717) is 24.5 Å². The maximum Gasteiger partial charge on any atom is 0.246 e. The molecule has 1 aliphatic heterocycles. The van der Waals surface area contributed by atoms with Crippen molar-refractivity contribution in [1.29, 1.82) is 0 Å². The molecular formula is C17H27N3O4S. The fraction of sp³-hybridized carbons (Fsp3) is 0.588. The van der Waals surface area contributed by atoms with E-state index in [4.69, 9.17) is 4.74 Å². The molecule has 25 heavy (non-hydrogen) atoms. The van der Waals surface area contributed by atoms with Gasteiger partial charge in [-0.2, -0.15) is 0 Å². The second-order valence-electron chi connectivity index (χ2n) is 6.20. The van der Waals surface area contributed by atoms with Gasteiger partial charge in [0.1, 0.15) is 11.8 Å². The van der Waals surface area contributed by atoms with Crippen LogP contribution in [0.3, 0.4) is 0 Å². The van der Waals surface area contributed by atoms with Gasteiger partial charge in [0.2, 0.25) is 15.9 Å². The molecule has 0 spiro atoms. The lowest BCUT2D eigenvalue weighted by molar-refractivity contribution is -0.133. The van der Waals surface area contributed by atoms with Crippen LogP contribution in [0, 0.1) is 0 Å². The first-order chi connectivity index (χ1) is 11.8. The smallest absolute Gasteiger partial charge is 0.246 e. The molecule has 0 bridgehead atoms. The van der Waals surface area contributed by atoms with E-state index in [0.717, 1.165) is 25.9 Å². The highest BCUT2D eigenvalue weighted by atomic mass is 32.2. The molecule has 0 saturated carbocycles. The molecule has 1 saturated heterocycles. The number of rotatable bonds is 6. The predicted octanol–water partition coefficient (Wildman–Crippen LogP) is 1.01. The van der Waals surface area contributed by atoms with Crippen molar-refractivity contribution in [2.75, 3.05) is 50.4 Å². The zero-order chi connectivity index (χ0) is 18.6. The Bertz CT molecular complexity index is 700. The van der Waals surface area contributed by atoms with Gasteiger partial charge >= 0.3 is 0 Å².